The van der Waals surface area contributed by atoms with Crippen LogP contribution in [0, 0.1) is 5.41 Å². The standard InChI is InChI=1S/C10H18O/c1-6-8(2)9(11)7-10(3,4)5/h6H,7H2,1-5H3/b8-6+. The molecular weight excluding hydrogens is 136 g/mol. The Balaban J connectivity index is 4.10. The minimum absolute atomic E-state index is 0.112. The number of hydrogen-bond donors (Lipinski definition) is 0. The van der Waals surface area contributed by atoms with Crippen LogP contribution in [0.2, 0.25) is 0 Å². The average molecular weight is 154 g/mol. The van der Waals surface area contributed by atoms with Gasteiger partial charge >= 0.3 is 0 Å². The second-order valence-electron chi connectivity index (χ2n) is 4.13. The van der Waals surface area contributed by atoms with Crippen molar-refractivity contribution in [1.29, 1.82) is 0 Å². The number of allylic oxidation sites excluding steroid dienone is 2. The van der Waals surface area contributed by atoms with Gasteiger partial charge in [-0.3, -0.25) is 4.79 Å². The fraction of sp³-hybridized carbons (Fsp3) is 0.700. The molecule has 0 rings (SSSR count). The summed E-state index contributed by atoms with van der Waals surface area (Å²) in [6, 6.07) is 0. The maximum absolute atomic E-state index is 11.3. The summed E-state index contributed by atoms with van der Waals surface area (Å²) in [6.45, 7) is 10.00. The molecule has 0 fully saturated rings. The molecule has 0 saturated heterocycles. The number of ketones is 1. The lowest BCUT2D eigenvalue weighted by Gasteiger charge is -2.16. The fourth-order valence-corrected chi connectivity index (χ4v) is 0.782. The van der Waals surface area contributed by atoms with Crippen molar-refractivity contribution in [3.05, 3.63) is 11.6 Å². The fourth-order valence-electron chi connectivity index (χ4n) is 0.782. The van der Waals surface area contributed by atoms with Crippen molar-refractivity contribution in [3.8, 4) is 0 Å². The van der Waals surface area contributed by atoms with Crippen LogP contribution in [0.1, 0.15) is 41.0 Å². The summed E-state index contributed by atoms with van der Waals surface area (Å²) in [5, 5.41) is 0. The molecule has 0 N–H and O–H groups in total. The van der Waals surface area contributed by atoms with Crippen molar-refractivity contribution in [1.82, 2.24) is 0 Å². The van der Waals surface area contributed by atoms with E-state index in [9.17, 15) is 4.79 Å². The Bertz CT molecular complexity index is 170. The molecule has 0 aliphatic heterocycles. The van der Waals surface area contributed by atoms with Gasteiger partial charge in [0.25, 0.3) is 0 Å². The highest BCUT2D eigenvalue weighted by Gasteiger charge is 2.16. The lowest BCUT2D eigenvalue weighted by Crippen LogP contribution is -2.13. The van der Waals surface area contributed by atoms with Crippen molar-refractivity contribution in [2.75, 3.05) is 0 Å². The Labute approximate surface area is 69.5 Å². The van der Waals surface area contributed by atoms with E-state index in [1.54, 1.807) is 0 Å². The summed E-state index contributed by atoms with van der Waals surface area (Å²) in [6.07, 6.45) is 2.51. The summed E-state index contributed by atoms with van der Waals surface area (Å²) in [5.41, 5.74) is 0.987. The highest BCUT2D eigenvalue weighted by molar-refractivity contribution is 5.94. The normalized spacial score (nSPS) is 13.4. The van der Waals surface area contributed by atoms with Gasteiger partial charge in [-0.25, -0.2) is 0 Å². The minimum Gasteiger partial charge on any atom is -0.295 e. The highest BCUT2D eigenvalue weighted by Crippen LogP contribution is 2.20. The van der Waals surface area contributed by atoms with E-state index in [-0.39, 0.29) is 11.2 Å². The van der Waals surface area contributed by atoms with Crippen LogP contribution in [0.15, 0.2) is 11.6 Å². The molecule has 0 aromatic carbocycles. The van der Waals surface area contributed by atoms with Crippen LogP contribution >= 0.6 is 0 Å². The van der Waals surface area contributed by atoms with Crippen molar-refractivity contribution >= 4 is 5.78 Å². The lowest BCUT2D eigenvalue weighted by atomic mass is 9.88. The Hall–Kier alpha value is -0.590. The third-order valence-electron chi connectivity index (χ3n) is 1.56. The summed E-state index contributed by atoms with van der Waals surface area (Å²) in [7, 11) is 0. The van der Waals surface area contributed by atoms with Gasteiger partial charge in [0.15, 0.2) is 5.78 Å². The summed E-state index contributed by atoms with van der Waals surface area (Å²) in [4.78, 5) is 11.3. The van der Waals surface area contributed by atoms with Gasteiger partial charge in [-0.15, -0.1) is 0 Å². The maximum atomic E-state index is 11.3. The second kappa shape index (κ2) is 3.70. The molecule has 1 nitrogen and oxygen atoms in total. The molecule has 1 heteroatoms. The topological polar surface area (TPSA) is 17.1 Å². The molecule has 0 atom stereocenters. The summed E-state index contributed by atoms with van der Waals surface area (Å²) in [5.74, 6) is 0.264. The molecular formula is C10H18O. The Kier molecular flexibility index (Phi) is 3.50. The Morgan fingerprint density at radius 2 is 1.82 bits per heavy atom. The first-order valence-electron chi connectivity index (χ1n) is 4.03. The second-order valence-corrected chi connectivity index (χ2v) is 4.13. The molecule has 11 heavy (non-hydrogen) atoms. The van der Waals surface area contributed by atoms with Crippen LogP contribution in [-0.2, 0) is 4.79 Å². The van der Waals surface area contributed by atoms with Crippen LogP contribution in [0.3, 0.4) is 0 Å². The molecule has 0 saturated carbocycles. The third-order valence-corrected chi connectivity index (χ3v) is 1.56. The van der Waals surface area contributed by atoms with E-state index < -0.39 is 0 Å². The van der Waals surface area contributed by atoms with Gasteiger partial charge < -0.3 is 0 Å². The summed E-state index contributed by atoms with van der Waals surface area (Å²) < 4.78 is 0. The molecule has 0 aliphatic carbocycles. The van der Waals surface area contributed by atoms with Crippen LogP contribution in [0.4, 0.5) is 0 Å². The first-order chi connectivity index (χ1) is 4.87. The number of rotatable bonds is 2. The molecule has 0 amide bonds. The van der Waals surface area contributed by atoms with Crippen LogP contribution < -0.4 is 0 Å². The average Bonchev–Trinajstić information content (AvgIpc) is 1.82. The van der Waals surface area contributed by atoms with E-state index in [4.69, 9.17) is 0 Å². The number of carbonyl (C=O) groups excluding carboxylic acids is 1. The smallest absolute Gasteiger partial charge is 0.158 e. The van der Waals surface area contributed by atoms with E-state index >= 15 is 0 Å². The minimum atomic E-state index is 0.112. The number of Topliss-reactive ketones (excluding diaryl/α,β-unsaturated/α-hetero) is 1. The molecule has 0 unspecified atom stereocenters. The predicted molar refractivity (Wildman–Crippen MR) is 48.5 cm³/mol. The zero-order chi connectivity index (χ0) is 9.07. The SMILES string of the molecule is C/C=C(\C)C(=O)CC(C)(C)C. The Morgan fingerprint density at radius 3 is 2.09 bits per heavy atom. The molecule has 0 aliphatic rings. The predicted octanol–water partition coefficient (Wildman–Crippen LogP) is 2.96. The van der Waals surface area contributed by atoms with Crippen LogP contribution in [0.25, 0.3) is 0 Å². The Morgan fingerprint density at radius 1 is 1.36 bits per heavy atom. The van der Waals surface area contributed by atoms with E-state index in [0.717, 1.165) is 5.57 Å². The number of carbonyl (C=O) groups is 1. The van der Waals surface area contributed by atoms with E-state index in [2.05, 4.69) is 20.8 Å². The first kappa shape index (κ1) is 10.4. The molecule has 0 heterocycles. The molecule has 0 radical (unpaired) electrons. The molecule has 0 spiro atoms. The number of hydrogen-bond acceptors (Lipinski definition) is 1. The van der Waals surface area contributed by atoms with Crippen molar-refractivity contribution in [2.24, 2.45) is 5.41 Å². The first-order valence-corrected chi connectivity index (χ1v) is 4.03. The van der Waals surface area contributed by atoms with Crippen LogP contribution in [0.5, 0.6) is 0 Å². The van der Waals surface area contributed by atoms with Crippen molar-refractivity contribution in [3.63, 3.8) is 0 Å². The largest absolute Gasteiger partial charge is 0.295 e. The van der Waals surface area contributed by atoms with E-state index in [0.29, 0.717) is 6.42 Å². The van der Waals surface area contributed by atoms with E-state index in [1.807, 2.05) is 19.9 Å². The van der Waals surface area contributed by atoms with Gasteiger partial charge in [-0.05, 0) is 24.8 Å². The highest BCUT2D eigenvalue weighted by atomic mass is 16.1. The van der Waals surface area contributed by atoms with Crippen molar-refractivity contribution < 1.29 is 4.79 Å². The molecule has 0 bridgehead atoms. The van der Waals surface area contributed by atoms with Crippen LogP contribution in [-0.4, -0.2) is 5.78 Å². The van der Waals surface area contributed by atoms with Gasteiger partial charge in [0, 0.05) is 6.42 Å². The molecule has 64 valence electrons. The third kappa shape index (κ3) is 4.77. The van der Waals surface area contributed by atoms with Gasteiger partial charge in [-0.1, -0.05) is 26.8 Å². The maximum Gasteiger partial charge on any atom is 0.158 e. The van der Waals surface area contributed by atoms with E-state index in [1.165, 1.54) is 0 Å². The quantitative estimate of drug-likeness (QED) is 0.559. The monoisotopic (exact) mass is 154 g/mol. The van der Waals surface area contributed by atoms with Gasteiger partial charge in [0.2, 0.25) is 0 Å². The molecule has 0 aromatic heterocycles. The zero-order valence-corrected chi connectivity index (χ0v) is 8.19. The lowest BCUT2D eigenvalue weighted by molar-refractivity contribution is -0.117. The van der Waals surface area contributed by atoms with Gasteiger partial charge in [0.05, 0.1) is 0 Å². The van der Waals surface area contributed by atoms with Crippen molar-refractivity contribution in [2.45, 2.75) is 41.0 Å². The van der Waals surface area contributed by atoms with Gasteiger partial charge in [-0.2, -0.15) is 0 Å². The molecule has 0 aromatic rings. The van der Waals surface area contributed by atoms with Gasteiger partial charge in [0.1, 0.15) is 0 Å². The zero-order valence-electron chi connectivity index (χ0n) is 8.19. The summed E-state index contributed by atoms with van der Waals surface area (Å²) >= 11 is 0.